The van der Waals surface area contributed by atoms with Crippen molar-refractivity contribution in [3.63, 3.8) is 0 Å². The molecule has 0 saturated carbocycles. The lowest BCUT2D eigenvalue weighted by Gasteiger charge is -2.28. The third kappa shape index (κ3) is 2.30. The first-order chi connectivity index (χ1) is 9.67. The zero-order valence-corrected chi connectivity index (χ0v) is 11.3. The zero-order valence-electron chi connectivity index (χ0n) is 11.3. The first kappa shape index (κ1) is 12.8. The normalized spacial score (nSPS) is 17.4. The lowest BCUT2D eigenvalue weighted by atomic mass is 9.99. The van der Waals surface area contributed by atoms with Crippen LogP contribution in [0.25, 0.3) is 11.0 Å². The molecule has 1 aliphatic rings. The maximum atomic E-state index is 11.9. The molecule has 1 fully saturated rings. The molecule has 1 saturated heterocycles. The van der Waals surface area contributed by atoms with Gasteiger partial charge >= 0.3 is 0 Å². The monoisotopic (exact) mass is 272 g/mol. The van der Waals surface area contributed by atoms with Gasteiger partial charge in [0.15, 0.2) is 5.65 Å². The van der Waals surface area contributed by atoms with Gasteiger partial charge < -0.3 is 4.98 Å². The molecular formula is C13H16N6O. The van der Waals surface area contributed by atoms with Gasteiger partial charge in [-0.1, -0.05) is 0 Å². The van der Waals surface area contributed by atoms with Crippen LogP contribution in [0.1, 0.15) is 18.7 Å². The Morgan fingerprint density at radius 3 is 2.95 bits per heavy atom. The largest absolute Gasteiger partial charge is 0.309 e. The Balaban J connectivity index is 1.80. The molecule has 3 heterocycles. The van der Waals surface area contributed by atoms with Crippen molar-refractivity contribution in [1.29, 1.82) is 5.26 Å². The van der Waals surface area contributed by atoms with Crippen LogP contribution in [0.15, 0.2) is 11.0 Å². The van der Waals surface area contributed by atoms with E-state index in [2.05, 4.69) is 26.0 Å². The number of hydrogen-bond donors (Lipinski definition) is 1. The van der Waals surface area contributed by atoms with Crippen LogP contribution in [0.2, 0.25) is 0 Å². The third-order valence-corrected chi connectivity index (χ3v) is 3.79. The molecule has 0 spiro atoms. The van der Waals surface area contributed by atoms with Crippen LogP contribution in [0.5, 0.6) is 0 Å². The molecule has 20 heavy (non-hydrogen) atoms. The van der Waals surface area contributed by atoms with E-state index in [4.69, 9.17) is 5.26 Å². The minimum atomic E-state index is -0.148. The summed E-state index contributed by atoms with van der Waals surface area (Å²) in [6.45, 7) is 2.34. The SMILES string of the molecule is Cn1ncc2c(=O)[nH]c(CN3CCC(C#N)CC3)nc21. The number of piperidine rings is 1. The summed E-state index contributed by atoms with van der Waals surface area (Å²) < 4.78 is 1.61. The maximum absolute atomic E-state index is 11.9. The Morgan fingerprint density at radius 2 is 2.25 bits per heavy atom. The molecule has 7 nitrogen and oxygen atoms in total. The van der Waals surface area contributed by atoms with Crippen LogP contribution in [0, 0.1) is 17.2 Å². The van der Waals surface area contributed by atoms with Crippen LogP contribution in [-0.4, -0.2) is 37.7 Å². The van der Waals surface area contributed by atoms with Gasteiger partial charge in [-0.25, -0.2) is 4.98 Å². The highest BCUT2D eigenvalue weighted by atomic mass is 16.1. The molecule has 1 N–H and O–H groups in total. The van der Waals surface area contributed by atoms with E-state index in [0.29, 0.717) is 23.4 Å². The fraction of sp³-hybridized carbons (Fsp3) is 0.538. The molecule has 0 radical (unpaired) electrons. The molecular weight excluding hydrogens is 256 g/mol. The van der Waals surface area contributed by atoms with E-state index in [0.717, 1.165) is 25.9 Å². The molecule has 0 aliphatic carbocycles. The Labute approximate surface area is 115 Å². The van der Waals surface area contributed by atoms with Gasteiger partial charge in [-0.2, -0.15) is 10.4 Å². The summed E-state index contributed by atoms with van der Waals surface area (Å²) >= 11 is 0. The lowest BCUT2D eigenvalue weighted by molar-refractivity contribution is 0.194. The highest BCUT2D eigenvalue weighted by Gasteiger charge is 2.19. The molecule has 104 valence electrons. The average molecular weight is 272 g/mol. The van der Waals surface area contributed by atoms with Gasteiger partial charge in [0, 0.05) is 13.0 Å². The summed E-state index contributed by atoms with van der Waals surface area (Å²) in [7, 11) is 1.77. The number of aromatic amines is 1. The van der Waals surface area contributed by atoms with E-state index in [9.17, 15) is 4.79 Å². The van der Waals surface area contributed by atoms with Crippen LogP contribution in [0.3, 0.4) is 0 Å². The van der Waals surface area contributed by atoms with Gasteiger partial charge in [0.2, 0.25) is 0 Å². The number of nitrogens with one attached hydrogen (secondary N) is 1. The molecule has 7 heteroatoms. The quantitative estimate of drug-likeness (QED) is 0.854. The zero-order chi connectivity index (χ0) is 14.1. The summed E-state index contributed by atoms with van der Waals surface area (Å²) in [4.78, 5) is 21.4. The van der Waals surface area contributed by atoms with E-state index in [1.165, 1.54) is 6.20 Å². The van der Waals surface area contributed by atoms with Crippen molar-refractivity contribution in [2.75, 3.05) is 13.1 Å². The van der Waals surface area contributed by atoms with E-state index in [1.807, 2.05) is 0 Å². The Morgan fingerprint density at radius 1 is 1.50 bits per heavy atom. The van der Waals surface area contributed by atoms with Gasteiger partial charge in [0.25, 0.3) is 5.56 Å². The number of aryl methyl sites for hydroxylation is 1. The van der Waals surface area contributed by atoms with E-state index < -0.39 is 0 Å². The summed E-state index contributed by atoms with van der Waals surface area (Å²) in [5, 5.41) is 13.5. The Bertz CT molecular complexity index is 717. The standard InChI is InChI=1S/C13H16N6O/c1-18-12-10(7-15-18)13(20)17-11(16-12)8-19-4-2-9(6-14)3-5-19/h7,9H,2-5,8H2,1H3,(H,16,17,20). The Kier molecular flexibility index (Phi) is 3.24. The van der Waals surface area contributed by atoms with Crippen LogP contribution in [0.4, 0.5) is 0 Å². The summed E-state index contributed by atoms with van der Waals surface area (Å²) in [6.07, 6.45) is 3.30. The molecule has 0 unspecified atom stereocenters. The fourth-order valence-electron chi connectivity index (χ4n) is 2.58. The smallest absolute Gasteiger partial charge is 0.262 e. The molecule has 0 bridgehead atoms. The first-order valence-corrected chi connectivity index (χ1v) is 6.70. The molecule has 0 aromatic carbocycles. The maximum Gasteiger partial charge on any atom is 0.262 e. The van der Waals surface area contributed by atoms with Crippen molar-refractivity contribution in [3.8, 4) is 6.07 Å². The number of rotatable bonds is 2. The second kappa shape index (κ2) is 5.06. The van der Waals surface area contributed by atoms with Crippen molar-refractivity contribution in [3.05, 3.63) is 22.4 Å². The number of hydrogen-bond acceptors (Lipinski definition) is 5. The van der Waals surface area contributed by atoms with Gasteiger partial charge in [-0.15, -0.1) is 0 Å². The molecule has 2 aromatic rings. The number of aromatic nitrogens is 4. The van der Waals surface area contributed by atoms with Gasteiger partial charge in [-0.05, 0) is 25.9 Å². The molecule has 0 amide bonds. The van der Waals surface area contributed by atoms with Crippen LogP contribution < -0.4 is 5.56 Å². The minimum absolute atomic E-state index is 0.148. The number of nitrogens with zero attached hydrogens (tertiary/aromatic N) is 5. The van der Waals surface area contributed by atoms with Crippen molar-refractivity contribution >= 4 is 11.0 Å². The molecule has 0 atom stereocenters. The van der Waals surface area contributed by atoms with Crippen LogP contribution in [-0.2, 0) is 13.6 Å². The van der Waals surface area contributed by atoms with E-state index >= 15 is 0 Å². The predicted molar refractivity (Wildman–Crippen MR) is 72.7 cm³/mol. The summed E-state index contributed by atoms with van der Waals surface area (Å²) in [5.74, 6) is 0.819. The molecule has 2 aromatic heterocycles. The first-order valence-electron chi connectivity index (χ1n) is 6.70. The average Bonchev–Trinajstić information content (AvgIpc) is 2.82. The second-order valence-electron chi connectivity index (χ2n) is 5.20. The number of fused-ring (bicyclic) bond motifs is 1. The third-order valence-electron chi connectivity index (χ3n) is 3.79. The highest BCUT2D eigenvalue weighted by Crippen LogP contribution is 2.17. The van der Waals surface area contributed by atoms with Gasteiger partial charge in [0.05, 0.1) is 18.8 Å². The minimum Gasteiger partial charge on any atom is -0.309 e. The summed E-state index contributed by atoms with van der Waals surface area (Å²) in [5.41, 5.74) is 0.459. The van der Waals surface area contributed by atoms with Gasteiger partial charge in [-0.3, -0.25) is 14.4 Å². The lowest BCUT2D eigenvalue weighted by Crippen LogP contribution is -2.34. The predicted octanol–water partition coefficient (Wildman–Crippen LogP) is 0.392. The van der Waals surface area contributed by atoms with Crippen molar-refractivity contribution < 1.29 is 0 Å². The van der Waals surface area contributed by atoms with Crippen molar-refractivity contribution in [1.82, 2.24) is 24.6 Å². The van der Waals surface area contributed by atoms with E-state index in [-0.39, 0.29) is 11.5 Å². The number of nitriles is 1. The van der Waals surface area contributed by atoms with E-state index in [1.54, 1.807) is 11.7 Å². The number of likely N-dealkylation sites (tertiary alicyclic amines) is 1. The van der Waals surface area contributed by atoms with Crippen molar-refractivity contribution in [2.24, 2.45) is 13.0 Å². The Hall–Kier alpha value is -2.20. The second-order valence-corrected chi connectivity index (χ2v) is 5.20. The number of H-pyrrole nitrogens is 1. The topological polar surface area (TPSA) is 90.6 Å². The summed E-state index contributed by atoms with van der Waals surface area (Å²) in [6, 6.07) is 2.31. The molecule has 3 rings (SSSR count). The fourth-order valence-corrected chi connectivity index (χ4v) is 2.58. The highest BCUT2D eigenvalue weighted by molar-refractivity contribution is 5.72. The van der Waals surface area contributed by atoms with Gasteiger partial charge in [0.1, 0.15) is 11.2 Å². The van der Waals surface area contributed by atoms with Crippen LogP contribution >= 0.6 is 0 Å². The van der Waals surface area contributed by atoms with Crippen molar-refractivity contribution in [2.45, 2.75) is 19.4 Å². The molecule has 1 aliphatic heterocycles.